The molecular formula is C33H42N2O7S2. The first-order chi connectivity index (χ1) is 21.0. The van der Waals surface area contributed by atoms with Crippen LogP contribution in [0.25, 0.3) is 0 Å². The molecule has 9 nitrogen and oxygen atoms in total. The minimum Gasteiger partial charge on any atom is -0.456 e. The molecule has 3 atom stereocenters. The number of nitrogens with zero attached hydrogens (tertiary/aromatic N) is 2. The quantitative estimate of drug-likeness (QED) is 0.0240. The SMILES string of the molecule is C=CCS(=O)C1CC(=O)N1C(C(=O)OCc1ccc([N+](=O)[O-])cc1)=C(Oc1ccccc1)SC(C)(C)C(C)CCCCCC. The summed E-state index contributed by atoms with van der Waals surface area (Å²) in [6.45, 7) is 12.0. The molecule has 3 unspecified atom stereocenters. The van der Waals surface area contributed by atoms with Crippen molar-refractivity contribution < 1.29 is 28.2 Å². The summed E-state index contributed by atoms with van der Waals surface area (Å²) in [6, 6.07) is 14.6. The van der Waals surface area contributed by atoms with E-state index < -0.39 is 31.8 Å². The Bertz CT molecular complexity index is 1360. The highest BCUT2D eigenvalue weighted by Crippen LogP contribution is 2.44. The molecule has 1 aliphatic heterocycles. The van der Waals surface area contributed by atoms with Crippen LogP contribution in [0.2, 0.25) is 0 Å². The summed E-state index contributed by atoms with van der Waals surface area (Å²) in [5.41, 5.74) is 0.343. The van der Waals surface area contributed by atoms with Crippen LogP contribution in [0, 0.1) is 16.0 Å². The topological polar surface area (TPSA) is 116 Å². The highest BCUT2D eigenvalue weighted by Gasteiger charge is 2.47. The first-order valence-corrected chi connectivity index (χ1v) is 17.0. The molecule has 0 radical (unpaired) electrons. The number of non-ortho nitro benzene ring substituents is 1. The second-order valence-electron chi connectivity index (χ2n) is 11.3. The zero-order valence-electron chi connectivity index (χ0n) is 25.9. The third-order valence-corrected chi connectivity index (χ3v) is 10.6. The predicted octanol–water partition coefficient (Wildman–Crippen LogP) is 7.50. The van der Waals surface area contributed by atoms with E-state index in [0.717, 1.165) is 25.7 Å². The molecule has 0 bridgehead atoms. The number of para-hydroxylation sites is 1. The molecule has 0 aliphatic carbocycles. The second kappa shape index (κ2) is 16.6. The lowest BCUT2D eigenvalue weighted by molar-refractivity contribution is -0.384. The second-order valence-corrected chi connectivity index (χ2v) is 14.5. The molecule has 3 rings (SSSR count). The van der Waals surface area contributed by atoms with Gasteiger partial charge in [-0.05, 0) is 56.0 Å². The Kier molecular flexibility index (Phi) is 13.2. The third kappa shape index (κ3) is 9.53. The van der Waals surface area contributed by atoms with Crippen molar-refractivity contribution in [3.8, 4) is 5.75 Å². The van der Waals surface area contributed by atoms with Gasteiger partial charge in [0, 0.05) is 33.4 Å². The van der Waals surface area contributed by atoms with Crippen molar-refractivity contribution in [2.75, 3.05) is 5.75 Å². The van der Waals surface area contributed by atoms with E-state index in [4.69, 9.17) is 9.47 Å². The molecular weight excluding hydrogens is 601 g/mol. The maximum Gasteiger partial charge on any atom is 0.359 e. The van der Waals surface area contributed by atoms with Gasteiger partial charge in [0.1, 0.15) is 17.7 Å². The van der Waals surface area contributed by atoms with E-state index in [1.807, 2.05) is 18.2 Å². The number of hydrogen-bond donors (Lipinski definition) is 0. The van der Waals surface area contributed by atoms with E-state index in [9.17, 15) is 23.9 Å². The molecule has 2 aromatic carbocycles. The number of ether oxygens (including phenoxy) is 2. The maximum atomic E-state index is 13.9. The van der Waals surface area contributed by atoms with E-state index >= 15 is 0 Å². The average molecular weight is 643 g/mol. The van der Waals surface area contributed by atoms with Crippen LogP contribution >= 0.6 is 11.8 Å². The van der Waals surface area contributed by atoms with Crippen LogP contribution in [-0.4, -0.2) is 41.8 Å². The molecule has 11 heteroatoms. The molecule has 1 heterocycles. The zero-order valence-corrected chi connectivity index (χ0v) is 27.5. The fraction of sp³-hybridized carbons (Fsp3) is 0.455. The number of β-lactam (4-membered cyclic amide) rings is 1. The molecule has 1 fully saturated rings. The minimum atomic E-state index is -1.50. The van der Waals surface area contributed by atoms with Crippen molar-refractivity contribution >= 4 is 40.1 Å². The van der Waals surface area contributed by atoms with Gasteiger partial charge in [-0.2, -0.15) is 0 Å². The summed E-state index contributed by atoms with van der Waals surface area (Å²) in [7, 11) is -1.50. The summed E-state index contributed by atoms with van der Waals surface area (Å²) in [4.78, 5) is 38.8. The fourth-order valence-electron chi connectivity index (χ4n) is 4.58. The first-order valence-electron chi connectivity index (χ1n) is 14.8. The fourth-order valence-corrected chi connectivity index (χ4v) is 7.04. The van der Waals surface area contributed by atoms with Crippen LogP contribution in [0.4, 0.5) is 5.69 Å². The average Bonchev–Trinajstić information content (AvgIpc) is 2.99. The number of nitro benzene ring substituents is 1. The Labute approximate surface area is 266 Å². The summed E-state index contributed by atoms with van der Waals surface area (Å²) in [5.74, 6) is -0.327. The van der Waals surface area contributed by atoms with Gasteiger partial charge in [-0.3, -0.25) is 24.0 Å². The van der Waals surface area contributed by atoms with Gasteiger partial charge in [0.05, 0.1) is 11.3 Å². The highest BCUT2D eigenvalue weighted by atomic mass is 32.2. The molecule has 0 aromatic heterocycles. The van der Waals surface area contributed by atoms with Gasteiger partial charge in [0.2, 0.25) is 5.91 Å². The number of benzene rings is 2. The Morgan fingerprint density at radius 3 is 2.45 bits per heavy atom. The van der Waals surface area contributed by atoms with Gasteiger partial charge >= 0.3 is 5.97 Å². The van der Waals surface area contributed by atoms with Gasteiger partial charge in [-0.1, -0.05) is 75.6 Å². The smallest absolute Gasteiger partial charge is 0.359 e. The number of likely N-dealkylation sites (tertiary alicyclic amines) is 1. The third-order valence-electron chi connectivity index (χ3n) is 7.62. The van der Waals surface area contributed by atoms with Crippen LogP contribution in [0.15, 0.2) is 78.0 Å². The van der Waals surface area contributed by atoms with Crippen molar-refractivity contribution in [3.63, 3.8) is 0 Å². The lowest BCUT2D eigenvalue weighted by atomic mass is 9.91. The Morgan fingerprint density at radius 1 is 1.18 bits per heavy atom. The van der Waals surface area contributed by atoms with E-state index in [0.29, 0.717) is 11.3 Å². The van der Waals surface area contributed by atoms with Crippen LogP contribution in [0.5, 0.6) is 5.75 Å². The summed E-state index contributed by atoms with van der Waals surface area (Å²) in [5, 5.41) is 10.5. The standard InChI is InChI=1S/C33H42N2O7S2/c1-6-8-9-11-14-24(3)33(4,5)43-32(42-27-15-12-10-13-16-27)30(34-28(36)22-29(34)44(40)21-7-2)31(37)41-23-25-17-19-26(20-18-25)35(38)39/h7,10,12-13,15-20,24,29H,2,6,8-9,11,14,21-23H2,1,3-5H3. The molecule has 2 aromatic rings. The van der Waals surface area contributed by atoms with Gasteiger partial charge < -0.3 is 9.47 Å². The van der Waals surface area contributed by atoms with Crippen LogP contribution in [0.3, 0.4) is 0 Å². The van der Waals surface area contributed by atoms with E-state index in [-0.39, 0.29) is 47.1 Å². The lowest BCUT2D eigenvalue weighted by Gasteiger charge is -2.41. The van der Waals surface area contributed by atoms with Crippen LogP contribution in [0.1, 0.15) is 71.8 Å². The van der Waals surface area contributed by atoms with Gasteiger partial charge in [0.15, 0.2) is 10.8 Å². The van der Waals surface area contributed by atoms with E-state index in [1.54, 1.807) is 12.1 Å². The molecule has 1 amide bonds. The Balaban J connectivity index is 2.04. The Hall–Kier alpha value is -3.44. The number of nitro groups is 1. The summed E-state index contributed by atoms with van der Waals surface area (Å²) >= 11 is 1.35. The number of rotatable bonds is 18. The van der Waals surface area contributed by atoms with E-state index in [2.05, 4.69) is 34.3 Å². The monoisotopic (exact) mass is 642 g/mol. The van der Waals surface area contributed by atoms with Crippen molar-refractivity contribution in [2.24, 2.45) is 5.92 Å². The minimum absolute atomic E-state index is 0.0140. The molecule has 1 aliphatic rings. The van der Waals surface area contributed by atoms with Crippen LogP contribution < -0.4 is 4.74 Å². The number of hydrogen-bond acceptors (Lipinski definition) is 8. The molecule has 44 heavy (non-hydrogen) atoms. The zero-order chi connectivity index (χ0) is 32.3. The number of carbonyl (C=O) groups excluding carboxylic acids is 2. The predicted molar refractivity (Wildman–Crippen MR) is 175 cm³/mol. The summed E-state index contributed by atoms with van der Waals surface area (Å²) < 4.78 is 24.7. The van der Waals surface area contributed by atoms with Crippen molar-refractivity contribution in [2.45, 2.75) is 82.9 Å². The number of esters is 1. The number of carbonyl (C=O) groups is 2. The number of thioether (sulfide) groups is 1. The highest BCUT2D eigenvalue weighted by molar-refractivity contribution is 8.04. The molecule has 0 spiro atoms. The van der Waals surface area contributed by atoms with Gasteiger partial charge in [0.25, 0.3) is 5.69 Å². The number of amides is 1. The molecule has 238 valence electrons. The number of unbranched alkanes of at least 4 members (excludes halogenated alkanes) is 3. The van der Waals surface area contributed by atoms with Crippen molar-refractivity contribution in [3.05, 3.63) is 93.7 Å². The molecule has 1 saturated heterocycles. The summed E-state index contributed by atoms with van der Waals surface area (Å²) in [6.07, 6.45) is 7.06. The van der Waals surface area contributed by atoms with Crippen molar-refractivity contribution in [1.29, 1.82) is 0 Å². The molecule has 0 N–H and O–H groups in total. The normalized spacial score (nSPS) is 16.8. The van der Waals surface area contributed by atoms with E-state index in [1.165, 1.54) is 53.4 Å². The lowest BCUT2D eigenvalue weighted by Crippen LogP contribution is -2.56. The first kappa shape index (κ1) is 35.0. The van der Waals surface area contributed by atoms with Crippen molar-refractivity contribution in [1.82, 2.24) is 4.90 Å². The van der Waals surface area contributed by atoms with Crippen LogP contribution in [-0.2, 0) is 31.7 Å². The molecule has 0 saturated carbocycles. The maximum absolute atomic E-state index is 13.9. The van der Waals surface area contributed by atoms with Gasteiger partial charge in [-0.15, -0.1) is 6.58 Å². The Morgan fingerprint density at radius 2 is 1.86 bits per heavy atom. The largest absolute Gasteiger partial charge is 0.456 e. The van der Waals surface area contributed by atoms with Gasteiger partial charge in [-0.25, -0.2) is 4.79 Å².